The molecule has 0 aromatic heterocycles. The molecule has 0 saturated heterocycles. The number of unbranched alkanes of at least 4 members (excludes halogenated alkanes) is 3. The Morgan fingerprint density at radius 3 is 1.64 bits per heavy atom. The topological polar surface area (TPSA) is 161 Å². The van der Waals surface area contributed by atoms with Crippen LogP contribution in [0.2, 0.25) is 0 Å². The van der Waals surface area contributed by atoms with E-state index in [1.54, 1.807) is 12.1 Å². The zero-order valence-electron chi connectivity index (χ0n) is 18.0. The number of carbonyl (C=O) groups is 2. The molecule has 10 heteroatoms. The van der Waals surface area contributed by atoms with Crippen LogP contribution in [0, 0.1) is 25.6 Å². The first-order chi connectivity index (χ1) is 15.7. The zero-order chi connectivity index (χ0) is 24.4. The van der Waals surface area contributed by atoms with E-state index in [9.17, 15) is 34.9 Å². The van der Waals surface area contributed by atoms with Gasteiger partial charge in [-0.25, -0.2) is 0 Å². The average Bonchev–Trinajstić information content (AvgIpc) is 2.76. The lowest BCUT2D eigenvalue weighted by Gasteiger charge is -2.30. The molecule has 0 saturated carbocycles. The molecule has 2 aromatic rings. The summed E-state index contributed by atoms with van der Waals surface area (Å²) in [5.41, 5.74) is -1.42. The third-order valence-corrected chi connectivity index (χ3v) is 5.68. The number of hydrogen-bond acceptors (Lipinski definition) is 6. The molecule has 0 radical (unpaired) electrons. The molecule has 2 aromatic carbocycles. The van der Waals surface area contributed by atoms with Crippen LogP contribution in [0.4, 0.5) is 11.4 Å². The smallest absolute Gasteiger partial charge is 0.310 e. The number of carboxylic acids is 2. The van der Waals surface area contributed by atoms with Crippen molar-refractivity contribution in [3.05, 3.63) is 79.9 Å². The second-order valence-corrected chi connectivity index (χ2v) is 8.02. The van der Waals surface area contributed by atoms with Crippen molar-refractivity contribution in [2.24, 2.45) is 5.41 Å². The van der Waals surface area contributed by atoms with Crippen molar-refractivity contribution in [2.45, 2.75) is 51.4 Å². The fourth-order valence-corrected chi connectivity index (χ4v) is 4.00. The molecule has 0 fully saturated rings. The molecule has 0 atom stereocenters. The predicted octanol–water partition coefficient (Wildman–Crippen LogP) is 4.78. The molecule has 33 heavy (non-hydrogen) atoms. The van der Waals surface area contributed by atoms with Crippen molar-refractivity contribution >= 4 is 23.3 Å². The molecule has 0 bridgehead atoms. The first-order valence-electron chi connectivity index (χ1n) is 10.6. The molecule has 2 N–H and O–H groups in total. The van der Waals surface area contributed by atoms with Crippen LogP contribution in [-0.2, 0) is 22.4 Å². The van der Waals surface area contributed by atoms with E-state index in [1.165, 1.54) is 36.4 Å². The monoisotopic (exact) mass is 458 g/mol. The van der Waals surface area contributed by atoms with Gasteiger partial charge in [0, 0.05) is 29.7 Å². The Kier molecular flexibility index (Phi) is 9.02. The molecule has 0 aliphatic heterocycles. The van der Waals surface area contributed by atoms with Gasteiger partial charge in [-0.1, -0.05) is 55.7 Å². The van der Waals surface area contributed by atoms with E-state index in [4.69, 9.17) is 5.11 Å². The van der Waals surface area contributed by atoms with Crippen molar-refractivity contribution in [1.82, 2.24) is 0 Å². The normalized spacial score (nSPS) is 11.2. The summed E-state index contributed by atoms with van der Waals surface area (Å²) in [6.45, 7) is 0. The van der Waals surface area contributed by atoms with Crippen molar-refractivity contribution in [3.8, 4) is 0 Å². The lowest BCUT2D eigenvalue weighted by atomic mass is 9.72. The number of hydrogen-bond donors (Lipinski definition) is 2. The van der Waals surface area contributed by atoms with Crippen molar-refractivity contribution < 1.29 is 29.6 Å². The fourth-order valence-electron chi connectivity index (χ4n) is 4.00. The molecule has 10 nitrogen and oxygen atoms in total. The van der Waals surface area contributed by atoms with E-state index in [0.717, 1.165) is 0 Å². The second-order valence-electron chi connectivity index (χ2n) is 8.02. The lowest BCUT2D eigenvalue weighted by molar-refractivity contribution is -0.385. The van der Waals surface area contributed by atoms with Crippen LogP contribution in [-0.4, -0.2) is 32.0 Å². The van der Waals surface area contributed by atoms with E-state index in [1.807, 2.05) is 0 Å². The number of para-hydroxylation sites is 2. The summed E-state index contributed by atoms with van der Waals surface area (Å²) < 4.78 is 0. The molecular formula is C23H26N2O8. The minimum atomic E-state index is -1.51. The fraction of sp³-hybridized carbons (Fsp3) is 0.391. The lowest BCUT2D eigenvalue weighted by Crippen LogP contribution is -2.36. The van der Waals surface area contributed by atoms with Gasteiger partial charge in [0.1, 0.15) is 0 Å². The van der Waals surface area contributed by atoms with Gasteiger partial charge in [0.15, 0.2) is 0 Å². The molecule has 0 aliphatic rings. The van der Waals surface area contributed by atoms with Gasteiger partial charge < -0.3 is 10.2 Å². The Labute approximate surface area is 190 Å². The van der Waals surface area contributed by atoms with Crippen LogP contribution < -0.4 is 0 Å². The van der Waals surface area contributed by atoms with E-state index in [0.29, 0.717) is 25.7 Å². The quantitative estimate of drug-likeness (QED) is 0.232. The first-order valence-corrected chi connectivity index (χ1v) is 10.6. The van der Waals surface area contributed by atoms with Gasteiger partial charge in [-0.05, 0) is 25.7 Å². The molecule has 0 heterocycles. The maximum atomic E-state index is 12.6. The molecular weight excluding hydrogens is 432 g/mol. The maximum absolute atomic E-state index is 12.6. The summed E-state index contributed by atoms with van der Waals surface area (Å²) >= 11 is 0. The molecule has 2 rings (SSSR count). The summed E-state index contributed by atoms with van der Waals surface area (Å²) in [5, 5.41) is 42.0. The molecule has 0 aliphatic carbocycles. The van der Waals surface area contributed by atoms with Crippen molar-refractivity contribution in [2.75, 3.05) is 0 Å². The van der Waals surface area contributed by atoms with Gasteiger partial charge in [-0.3, -0.25) is 29.8 Å². The minimum Gasteiger partial charge on any atom is -0.481 e. The number of nitrogens with zero attached hydrogens (tertiary/aromatic N) is 2. The minimum absolute atomic E-state index is 0.0243. The highest BCUT2D eigenvalue weighted by atomic mass is 16.6. The van der Waals surface area contributed by atoms with Gasteiger partial charge in [-0.2, -0.15) is 0 Å². The summed E-state index contributed by atoms with van der Waals surface area (Å²) in [4.78, 5) is 45.1. The average molecular weight is 458 g/mol. The Morgan fingerprint density at radius 2 is 1.21 bits per heavy atom. The van der Waals surface area contributed by atoms with Crippen LogP contribution in [0.3, 0.4) is 0 Å². The zero-order valence-corrected chi connectivity index (χ0v) is 18.0. The Bertz CT molecular complexity index is 962. The van der Waals surface area contributed by atoms with Gasteiger partial charge in [-0.15, -0.1) is 0 Å². The Morgan fingerprint density at radius 1 is 0.758 bits per heavy atom. The maximum Gasteiger partial charge on any atom is 0.310 e. The number of aliphatic carboxylic acids is 2. The predicted molar refractivity (Wildman–Crippen MR) is 119 cm³/mol. The summed E-state index contributed by atoms with van der Waals surface area (Å²) in [6, 6.07) is 11.8. The van der Waals surface area contributed by atoms with Crippen molar-refractivity contribution in [3.63, 3.8) is 0 Å². The Balaban J connectivity index is 2.38. The highest BCUT2D eigenvalue weighted by Gasteiger charge is 2.41. The third-order valence-electron chi connectivity index (χ3n) is 5.68. The number of carboxylic acid groups (broad SMARTS) is 2. The summed E-state index contributed by atoms with van der Waals surface area (Å²) in [6.07, 6.45) is 1.90. The second kappa shape index (κ2) is 11.7. The van der Waals surface area contributed by atoms with Crippen LogP contribution >= 0.6 is 0 Å². The largest absolute Gasteiger partial charge is 0.481 e. The van der Waals surface area contributed by atoms with Crippen LogP contribution in [0.5, 0.6) is 0 Å². The van der Waals surface area contributed by atoms with Crippen LogP contribution in [0.25, 0.3) is 0 Å². The van der Waals surface area contributed by atoms with Gasteiger partial charge in [0.25, 0.3) is 11.4 Å². The number of nitro groups is 2. The van der Waals surface area contributed by atoms with Crippen molar-refractivity contribution in [1.29, 1.82) is 0 Å². The van der Waals surface area contributed by atoms with Crippen LogP contribution in [0.1, 0.15) is 49.7 Å². The number of benzene rings is 2. The summed E-state index contributed by atoms with van der Waals surface area (Å²) in [7, 11) is 0. The van der Waals surface area contributed by atoms with E-state index in [2.05, 4.69) is 0 Å². The van der Waals surface area contributed by atoms with E-state index >= 15 is 0 Å². The molecule has 0 spiro atoms. The van der Waals surface area contributed by atoms with Gasteiger partial charge >= 0.3 is 11.9 Å². The van der Waals surface area contributed by atoms with Crippen LogP contribution in [0.15, 0.2) is 48.5 Å². The highest BCUT2D eigenvalue weighted by molar-refractivity contribution is 5.76. The molecule has 0 amide bonds. The third kappa shape index (κ3) is 7.09. The van der Waals surface area contributed by atoms with Gasteiger partial charge in [0.2, 0.25) is 0 Å². The Hall–Kier alpha value is -3.82. The molecule has 176 valence electrons. The summed E-state index contributed by atoms with van der Waals surface area (Å²) in [5.74, 6) is -2.09. The molecule has 0 unspecified atom stereocenters. The SMILES string of the molecule is O=C(O)CCCCCCC(Cc1ccccc1[N+](=O)[O-])(Cc1ccccc1[N+](=O)[O-])C(=O)O. The standard InChI is InChI=1S/C23H26N2O8/c26-21(27)13-3-1-2-8-14-23(22(28)29,15-17-9-4-6-11-19(17)24(30)31)16-18-10-5-7-12-20(18)25(32)33/h4-7,9-12H,1-3,8,13-16H2,(H,26,27)(H,28,29). The highest BCUT2D eigenvalue weighted by Crippen LogP contribution is 2.38. The van der Waals surface area contributed by atoms with Gasteiger partial charge in [0.05, 0.1) is 15.3 Å². The number of nitro benzene ring substituents is 2. The van der Waals surface area contributed by atoms with E-state index < -0.39 is 27.2 Å². The van der Waals surface area contributed by atoms with E-state index in [-0.39, 0.29) is 48.2 Å². The number of rotatable bonds is 14. The first kappa shape index (κ1) is 25.4.